The number of hydrogen-bond donors (Lipinski definition) is 0. The molecular weight excluding hydrogens is 356 g/mol. The molecule has 0 N–H and O–H groups in total. The second-order valence-corrected chi connectivity index (χ2v) is 7.42. The zero-order chi connectivity index (χ0) is 16.5. The van der Waals surface area contributed by atoms with Gasteiger partial charge in [-0.05, 0) is 67.6 Å². The summed E-state index contributed by atoms with van der Waals surface area (Å²) in [5, 5.41) is 0. The van der Waals surface area contributed by atoms with Crippen molar-refractivity contribution in [2.75, 3.05) is 6.54 Å². The molecule has 3 nitrogen and oxygen atoms in total. The number of amides is 1. The first-order chi connectivity index (χ1) is 10.2. The second-order valence-electron chi connectivity index (χ2n) is 6.63. The predicted molar refractivity (Wildman–Crippen MR) is 83.4 cm³/mol. The fourth-order valence-corrected chi connectivity index (χ4v) is 2.49. The van der Waals surface area contributed by atoms with Crippen LogP contribution in [0.3, 0.4) is 0 Å². The third kappa shape index (κ3) is 4.66. The summed E-state index contributed by atoms with van der Waals surface area (Å²) in [4.78, 5) is 13.8. The van der Waals surface area contributed by atoms with E-state index in [1.807, 2.05) is 0 Å². The topological polar surface area (TPSA) is 29.5 Å². The lowest BCUT2D eigenvalue weighted by atomic mass is 10.2. The van der Waals surface area contributed by atoms with Crippen molar-refractivity contribution < 1.29 is 18.3 Å². The fourth-order valence-electron chi connectivity index (χ4n) is 2.05. The minimum atomic E-state index is -0.628. The number of halogens is 3. The Hall–Kier alpha value is -1.17. The van der Waals surface area contributed by atoms with Crippen molar-refractivity contribution in [3.8, 4) is 0 Å². The third-order valence-electron chi connectivity index (χ3n) is 3.32. The van der Waals surface area contributed by atoms with Crippen LogP contribution in [0.1, 0.15) is 39.2 Å². The molecule has 0 atom stereocenters. The molecule has 1 aromatic rings. The van der Waals surface area contributed by atoms with Gasteiger partial charge in [0.05, 0.1) is 11.0 Å². The van der Waals surface area contributed by atoms with Gasteiger partial charge in [0.25, 0.3) is 0 Å². The van der Waals surface area contributed by atoms with Crippen molar-refractivity contribution in [1.29, 1.82) is 0 Å². The van der Waals surface area contributed by atoms with Crippen LogP contribution in [0, 0.1) is 17.6 Å². The first-order valence-corrected chi connectivity index (χ1v) is 8.07. The summed E-state index contributed by atoms with van der Waals surface area (Å²) < 4.78 is 33.0. The van der Waals surface area contributed by atoms with Gasteiger partial charge < -0.3 is 9.64 Å². The smallest absolute Gasteiger partial charge is 0.410 e. The molecule has 22 heavy (non-hydrogen) atoms. The normalized spacial score (nSPS) is 14.8. The molecule has 1 amide bonds. The molecule has 6 heteroatoms. The number of rotatable bonds is 4. The average Bonchev–Trinajstić information content (AvgIpc) is 3.19. The van der Waals surface area contributed by atoms with Gasteiger partial charge in [-0.3, -0.25) is 0 Å². The zero-order valence-corrected chi connectivity index (χ0v) is 14.5. The first-order valence-electron chi connectivity index (χ1n) is 7.27. The molecule has 122 valence electrons. The number of hydrogen-bond acceptors (Lipinski definition) is 2. The lowest BCUT2D eigenvalue weighted by molar-refractivity contribution is 0.0222. The van der Waals surface area contributed by atoms with E-state index in [0.29, 0.717) is 12.5 Å². The van der Waals surface area contributed by atoms with Crippen LogP contribution >= 0.6 is 15.9 Å². The van der Waals surface area contributed by atoms with E-state index in [1.54, 1.807) is 20.8 Å². The van der Waals surface area contributed by atoms with Crippen molar-refractivity contribution in [2.24, 2.45) is 5.92 Å². The van der Waals surface area contributed by atoms with Crippen LogP contribution in [0.4, 0.5) is 13.6 Å². The summed E-state index contributed by atoms with van der Waals surface area (Å²) in [6, 6.07) is 2.13. The molecule has 0 aliphatic heterocycles. The third-order valence-corrected chi connectivity index (χ3v) is 4.17. The lowest BCUT2D eigenvalue weighted by Crippen LogP contribution is -2.38. The minimum Gasteiger partial charge on any atom is -0.444 e. The number of benzene rings is 1. The highest BCUT2D eigenvalue weighted by Gasteiger charge is 2.30. The van der Waals surface area contributed by atoms with E-state index in [2.05, 4.69) is 15.9 Å². The molecule has 0 aromatic heterocycles. The highest BCUT2D eigenvalue weighted by Crippen LogP contribution is 2.32. The van der Waals surface area contributed by atoms with Crippen LogP contribution in [-0.4, -0.2) is 23.1 Å². The maximum Gasteiger partial charge on any atom is 0.410 e. The first kappa shape index (κ1) is 17.2. The highest BCUT2D eigenvalue weighted by molar-refractivity contribution is 9.10. The van der Waals surface area contributed by atoms with Crippen molar-refractivity contribution in [1.82, 2.24) is 4.90 Å². The number of ether oxygens (including phenoxy) is 1. The van der Waals surface area contributed by atoms with E-state index in [0.717, 1.165) is 25.0 Å². The van der Waals surface area contributed by atoms with E-state index in [4.69, 9.17) is 4.74 Å². The Morgan fingerprint density at radius 3 is 2.45 bits per heavy atom. The molecule has 0 heterocycles. The zero-order valence-electron chi connectivity index (χ0n) is 13.0. The Morgan fingerprint density at radius 1 is 1.32 bits per heavy atom. The summed E-state index contributed by atoms with van der Waals surface area (Å²) >= 11 is 3.06. The minimum absolute atomic E-state index is 0.0183. The fraction of sp³-hybridized carbons (Fsp3) is 0.562. The Kier molecular flexibility index (Phi) is 5.10. The Balaban J connectivity index is 2.19. The standard InChI is InChI=1S/C16H20BrF2NO2/c1-16(2,3)22-15(21)20(8-10-4-5-10)9-11-12(18)6-7-13(19)14(11)17/h6-7,10H,4-5,8-9H2,1-3H3. The monoisotopic (exact) mass is 375 g/mol. The highest BCUT2D eigenvalue weighted by atomic mass is 79.9. The second kappa shape index (κ2) is 6.52. The molecular formula is C16H20BrF2NO2. The molecule has 1 aliphatic rings. The van der Waals surface area contributed by atoms with E-state index >= 15 is 0 Å². The van der Waals surface area contributed by atoms with Crippen LogP contribution in [0.2, 0.25) is 0 Å². The van der Waals surface area contributed by atoms with Gasteiger partial charge in [0.1, 0.15) is 17.2 Å². The Labute approximate surface area is 137 Å². The quantitative estimate of drug-likeness (QED) is 0.702. The van der Waals surface area contributed by atoms with Gasteiger partial charge in [0.15, 0.2) is 0 Å². The molecule has 1 saturated carbocycles. The van der Waals surface area contributed by atoms with Crippen molar-refractivity contribution >= 4 is 22.0 Å². The van der Waals surface area contributed by atoms with Crippen LogP contribution in [0.15, 0.2) is 16.6 Å². The Bertz CT molecular complexity index is 568. The van der Waals surface area contributed by atoms with Gasteiger partial charge in [0.2, 0.25) is 0 Å². The predicted octanol–water partition coefficient (Wildman–Crippen LogP) is 4.87. The van der Waals surface area contributed by atoms with Crippen molar-refractivity contribution in [2.45, 2.75) is 45.8 Å². The summed E-state index contributed by atoms with van der Waals surface area (Å²) in [7, 11) is 0. The molecule has 0 radical (unpaired) electrons. The molecule has 0 saturated heterocycles. The molecule has 2 rings (SSSR count). The van der Waals surface area contributed by atoms with E-state index in [-0.39, 0.29) is 16.6 Å². The maximum absolute atomic E-state index is 14.0. The molecule has 1 fully saturated rings. The number of carbonyl (C=O) groups excluding carboxylic acids is 1. The van der Waals surface area contributed by atoms with Gasteiger partial charge in [0, 0.05) is 12.1 Å². The molecule has 0 bridgehead atoms. The van der Waals surface area contributed by atoms with Crippen LogP contribution in [-0.2, 0) is 11.3 Å². The van der Waals surface area contributed by atoms with Crippen LogP contribution < -0.4 is 0 Å². The summed E-state index contributed by atoms with van der Waals surface area (Å²) in [5.41, 5.74) is -0.497. The summed E-state index contributed by atoms with van der Waals surface area (Å²) in [5.74, 6) is -0.674. The van der Waals surface area contributed by atoms with E-state index < -0.39 is 23.3 Å². The van der Waals surface area contributed by atoms with Crippen molar-refractivity contribution in [3.63, 3.8) is 0 Å². The number of carbonyl (C=O) groups is 1. The van der Waals surface area contributed by atoms with Gasteiger partial charge in [-0.25, -0.2) is 13.6 Å². The summed E-state index contributed by atoms with van der Waals surface area (Å²) in [6.45, 7) is 5.81. The maximum atomic E-state index is 14.0. The average molecular weight is 376 g/mol. The Morgan fingerprint density at radius 2 is 1.91 bits per heavy atom. The lowest BCUT2D eigenvalue weighted by Gasteiger charge is -2.28. The van der Waals surface area contributed by atoms with Gasteiger partial charge in [-0.15, -0.1) is 0 Å². The molecule has 0 unspecified atom stereocenters. The van der Waals surface area contributed by atoms with Crippen LogP contribution in [0.5, 0.6) is 0 Å². The van der Waals surface area contributed by atoms with Crippen molar-refractivity contribution in [3.05, 3.63) is 33.8 Å². The van der Waals surface area contributed by atoms with Gasteiger partial charge >= 0.3 is 6.09 Å². The van der Waals surface area contributed by atoms with Crippen LogP contribution in [0.25, 0.3) is 0 Å². The largest absolute Gasteiger partial charge is 0.444 e. The van der Waals surface area contributed by atoms with E-state index in [1.165, 1.54) is 4.90 Å². The molecule has 1 aromatic carbocycles. The number of nitrogens with zero attached hydrogens (tertiary/aromatic N) is 1. The summed E-state index contributed by atoms with van der Waals surface area (Å²) in [6.07, 6.45) is 1.59. The van der Waals surface area contributed by atoms with Gasteiger partial charge in [-0.2, -0.15) is 0 Å². The molecule has 1 aliphatic carbocycles. The van der Waals surface area contributed by atoms with Gasteiger partial charge in [-0.1, -0.05) is 0 Å². The van der Waals surface area contributed by atoms with E-state index in [9.17, 15) is 13.6 Å². The molecule has 0 spiro atoms. The SMILES string of the molecule is CC(C)(C)OC(=O)N(Cc1c(F)ccc(F)c1Br)CC1CC1.